The Hall–Kier alpha value is -2.69. The van der Waals surface area contributed by atoms with Gasteiger partial charge in [0.15, 0.2) is 6.10 Å². The number of rotatable bonds is 4. The van der Waals surface area contributed by atoms with E-state index in [4.69, 9.17) is 4.74 Å². The molecule has 1 aromatic heterocycles. The molecule has 5 heteroatoms. The van der Waals surface area contributed by atoms with Gasteiger partial charge in [-0.15, -0.1) is 0 Å². The number of esters is 1. The van der Waals surface area contributed by atoms with Crippen molar-refractivity contribution in [1.82, 2.24) is 10.3 Å². The molecule has 0 bridgehead atoms. The SMILES string of the molecule is CC(OC(=O)C=Cc1cccc2cccnc12)C(=O)NC(C)(C)C. The Morgan fingerprint density at radius 1 is 1.21 bits per heavy atom. The summed E-state index contributed by atoms with van der Waals surface area (Å²) in [6, 6.07) is 9.54. The monoisotopic (exact) mass is 326 g/mol. The van der Waals surface area contributed by atoms with Crippen molar-refractivity contribution in [2.75, 3.05) is 0 Å². The van der Waals surface area contributed by atoms with Crippen LogP contribution < -0.4 is 5.32 Å². The van der Waals surface area contributed by atoms with E-state index in [-0.39, 0.29) is 11.4 Å². The molecule has 0 aliphatic carbocycles. The molecule has 5 nitrogen and oxygen atoms in total. The van der Waals surface area contributed by atoms with Crippen LogP contribution in [-0.4, -0.2) is 28.5 Å². The first kappa shape index (κ1) is 17.7. The molecule has 0 saturated heterocycles. The van der Waals surface area contributed by atoms with Gasteiger partial charge in [0.2, 0.25) is 0 Å². The summed E-state index contributed by atoms with van der Waals surface area (Å²) in [5.74, 6) is -0.893. The number of nitrogens with one attached hydrogen (secondary N) is 1. The highest BCUT2D eigenvalue weighted by atomic mass is 16.5. The molecule has 2 rings (SSSR count). The highest BCUT2D eigenvalue weighted by Crippen LogP contribution is 2.17. The molecule has 1 atom stereocenters. The van der Waals surface area contributed by atoms with Gasteiger partial charge in [-0.1, -0.05) is 24.3 Å². The molecule has 24 heavy (non-hydrogen) atoms. The van der Waals surface area contributed by atoms with E-state index in [2.05, 4.69) is 10.3 Å². The van der Waals surface area contributed by atoms with Crippen LogP contribution in [-0.2, 0) is 14.3 Å². The summed E-state index contributed by atoms with van der Waals surface area (Å²) in [5.41, 5.74) is 1.25. The number of benzene rings is 1. The molecule has 1 unspecified atom stereocenters. The Kier molecular flexibility index (Phi) is 5.34. The van der Waals surface area contributed by atoms with E-state index in [0.717, 1.165) is 16.5 Å². The molecule has 0 aliphatic heterocycles. The minimum absolute atomic E-state index is 0.323. The number of amides is 1. The Morgan fingerprint density at radius 3 is 2.62 bits per heavy atom. The molecule has 1 heterocycles. The van der Waals surface area contributed by atoms with Gasteiger partial charge in [-0.05, 0) is 39.8 Å². The number of carbonyl (C=O) groups excluding carboxylic acids is 2. The third kappa shape index (κ3) is 4.91. The summed E-state index contributed by atoms with van der Waals surface area (Å²) in [6.07, 6.45) is 3.81. The third-order valence-electron chi connectivity index (χ3n) is 3.22. The van der Waals surface area contributed by atoms with Crippen molar-refractivity contribution in [1.29, 1.82) is 0 Å². The lowest BCUT2D eigenvalue weighted by Crippen LogP contribution is -2.46. The zero-order valence-corrected chi connectivity index (χ0v) is 14.4. The van der Waals surface area contributed by atoms with E-state index < -0.39 is 12.1 Å². The van der Waals surface area contributed by atoms with Gasteiger partial charge in [0.25, 0.3) is 5.91 Å². The Balaban J connectivity index is 2.03. The highest BCUT2D eigenvalue weighted by molar-refractivity contribution is 5.94. The lowest BCUT2D eigenvalue weighted by atomic mass is 10.1. The molecule has 0 aliphatic rings. The molecular weight excluding hydrogens is 304 g/mol. The number of aromatic nitrogens is 1. The lowest BCUT2D eigenvalue weighted by molar-refractivity contribution is -0.150. The van der Waals surface area contributed by atoms with Crippen molar-refractivity contribution in [2.45, 2.75) is 39.3 Å². The molecule has 0 fully saturated rings. The summed E-state index contributed by atoms with van der Waals surface area (Å²) in [6.45, 7) is 7.15. The maximum atomic E-state index is 11.9. The zero-order valence-electron chi connectivity index (χ0n) is 14.4. The van der Waals surface area contributed by atoms with Crippen LogP contribution in [0.25, 0.3) is 17.0 Å². The molecule has 1 aromatic carbocycles. The van der Waals surface area contributed by atoms with Crippen molar-refractivity contribution in [3.63, 3.8) is 0 Å². The maximum Gasteiger partial charge on any atom is 0.331 e. The molecule has 1 N–H and O–H groups in total. The van der Waals surface area contributed by atoms with Gasteiger partial charge in [-0.3, -0.25) is 9.78 Å². The second-order valence-corrected chi connectivity index (χ2v) is 6.57. The smallest absolute Gasteiger partial charge is 0.331 e. The standard InChI is InChI=1S/C19H22N2O3/c1-13(18(23)21-19(2,3)4)24-16(22)11-10-15-8-5-7-14-9-6-12-20-17(14)15/h5-13H,1-4H3,(H,21,23). The normalized spacial score (nSPS) is 13.0. The van der Waals surface area contributed by atoms with Crippen LogP contribution in [0.3, 0.4) is 0 Å². The first-order valence-electron chi connectivity index (χ1n) is 7.81. The van der Waals surface area contributed by atoms with Crippen LogP contribution >= 0.6 is 0 Å². The lowest BCUT2D eigenvalue weighted by Gasteiger charge is -2.22. The van der Waals surface area contributed by atoms with Crippen LogP contribution in [0.5, 0.6) is 0 Å². The second-order valence-electron chi connectivity index (χ2n) is 6.57. The van der Waals surface area contributed by atoms with Gasteiger partial charge in [0.05, 0.1) is 5.52 Å². The average molecular weight is 326 g/mol. The van der Waals surface area contributed by atoms with Gasteiger partial charge >= 0.3 is 5.97 Å². The Bertz CT molecular complexity index is 770. The number of pyridine rings is 1. The number of ether oxygens (including phenoxy) is 1. The van der Waals surface area contributed by atoms with Gasteiger partial charge in [-0.25, -0.2) is 4.79 Å². The van der Waals surface area contributed by atoms with Gasteiger partial charge in [0.1, 0.15) is 0 Å². The minimum atomic E-state index is -0.855. The summed E-state index contributed by atoms with van der Waals surface area (Å²) in [5, 5.41) is 3.76. The number of hydrogen-bond acceptors (Lipinski definition) is 4. The summed E-state index contributed by atoms with van der Waals surface area (Å²) in [4.78, 5) is 28.2. The number of hydrogen-bond donors (Lipinski definition) is 1. The van der Waals surface area contributed by atoms with E-state index in [0.29, 0.717) is 0 Å². The fraction of sp³-hybridized carbons (Fsp3) is 0.316. The van der Waals surface area contributed by atoms with Crippen molar-refractivity contribution in [3.8, 4) is 0 Å². The molecule has 0 spiro atoms. The molecule has 2 aromatic rings. The third-order valence-corrected chi connectivity index (χ3v) is 3.22. The Labute approximate surface area is 141 Å². The van der Waals surface area contributed by atoms with Crippen molar-refractivity contribution < 1.29 is 14.3 Å². The molecule has 126 valence electrons. The van der Waals surface area contributed by atoms with Gasteiger partial charge in [-0.2, -0.15) is 0 Å². The van der Waals surface area contributed by atoms with Gasteiger partial charge in [0, 0.05) is 28.8 Å². The predicted octanol–water partition coefficient (Wildman–Crippen LogP) is 3.09. The average Bonchev–Trinajstić information content (AvgIpc) is 2.51. The first-order valence-corrected chi connectivity index (χ1v) is 7.81. The second kappa shape index (κ2) is 7.25. The van der Waals surface area contributed by atoms with Crippen LogP contribution in [0.15, 0.2) is 42.6 Å². The summed E-state index contributed by atoms with van der Waals surface area (Å²) >= 11 is 0. The number of nitrogens with zero attached hydrogens (tertiary/aromatic N) is 1. The number of carbonyl (C=O) groups is 2. The van der Waals surface area contributed by atoms with E-state index in [9.17, 15) is 9.59 Å². The van der Waals surface area contributed by atoms with Crippen molar-refractivity contribution in [2.24, 2.45) is 0 Å². The molecule has 0 radical (unpaired) electrons. The number of para-hydroxylation sites is 1. The van der Waals surface area contributed by atoms with Crippen LogP contribution in [0.2, 0.25) is 0 Å². The number of fused-ring (bicyclic) bond motifs is 1. The molecule has 1 amide bonds. The van der Waals surface area contributed by atoms with Crippen molar-refractivity contribution >= 4 is 28.9 Å². The zero-order chi connectivity index (χ0) is 17.7. The quantitative estimate of drug-likeness (QED) is 0.692. The fourth-order valence-corrected chi connectivity index (χ4v) is 2.16. The van der Waals surface area contributed by atoms with Crippen LogP contribution in [0, 0.1) is 0 Å². The predicted molar refractivity (Wildman–Crippen MR) is 94.2 cm³/mol. The van der Waals surface area contributed by atoms with Gasteiger partial charge < -0.3 is 10.1 Å². The molecular formula is C19H22N2O3. The van der Waals surface area contributed by atoms with E-state index in [1.54, 1.807) is 19.2 Å². The van der Waals surface area contributed by atoms with Crippen LogP contribution in [0.4, 0.5) is 0 Å². The molecule has 0 saturated carbocycles. The largest absolute Gasteiger partial charge is 0.449 e. The first-order chi connectivity index (χ1) is 11.3. The van der Waals surface area contributed by atoms with E-state index in [1.165, 1.54) is 6.08 Å². The van der Waals surface area contributed by atoms with Crippen LogP contribution in [0.1, 0.15) is 33.3 Å². The fourth-order valence-electron chi connectivity index (χ4n) is 2.16. The summed E-state index contributed by atoms with van der Waals surface area (Å²) < 4.78 is 5.13. The highest BCUT2D eigenvalue weighted by Gasteiger charge is 2.21. The van der Waals surface area contributed by atoms with E-state index >= 15 is 0 Å². The summed E-state index contributed by atoms with van der Waals surface area (Å²) in [7, 11) is 0. The van der Waals surface area contributed by atoms with E-state index in [1.807, 2.05) is 51.1 Å². The topological polar surface area (TPSA) is 68.3 Å². The Morgan fingerprint density at radius 2 is 1.92 bits per heavy atom. The van der Waals surface area contributed by atoms with Crippen molar-refractivity contribution in [3.05, 3.63) is 48.2 Å². The maximum absolute atomic E-state index is 11.9. The minimum Gasteiger partial charge on any atom is -0.449 e.